The van der Waals surface area contributed by atoms with Crippen LogP contribution in [0.4, 0.5) is 0 Å². The van der Waals surface area contributed by atoms with Crippen molar-refractivity contribution in [2.24, 2.45) is 5.92 Å². The number of ether oxygens (including phenoxy) is 2. The highest BCUT2D eigenvalue weighted by Gasteiger charge is 2.22. The second-order valence-corrected chi connectivity index (χ2v) is 15.2. The monoisotopic (exact) mass is 697 g/mol. The van der Waals surface area contributed by atoms with E-state index in [4.69, 9.17) is 14.0 Å². The molecule has 0 amide bonds. The molecule has 2 unspecified atom stereocenters. The first kappa shape index (κ1) is 36.2. The van der Waals surface area contributed by atoms with Gasteiger partial charge >= 0.3 is 8.25 Å². The second-order valence-electron chi connectivity index (χ2n) is 11.4. The van der Waals surface area contributed by atoms with Gasteiger partial charge in [-0.05, 0) is 67.3 Å². The number of unbranched alkanes of at least 4 members (excludes halogenated alkanes) is 7. The zero-order chi connectivity index (χ0) is 32.7. The number of methoxy groups -OCH3 is 1. The molecule has 0 saturated heterocycles. The van der Waals surface area contributed by atoms with Crippen molar-refractivity contribution in [3.05, 3.63) is 53.4 Å². The molecule has 0 aliphatic heterocycles. The van der Waals surface area contributed by atoms with E-state index in [0.717, 1.165) is 62.9 Å². The molecule has 0 spiro atoms. The molecule has 0 fully saturated rings. The average molecular weight is 698 g/mol. The molecular weight excluding hydrogens is 652 g/mol. The van der Waals surface area contributed by atoms with E-state index in [1.165, 1.54) is 66.0 Å². The molecular formula is C37H46O5PS3+. The smallest absolute Gasteiger partial charge is 0.496 e. The number of hydrogen-bond donors (Lipinski definition) is 1. The molecule has 4 aromatic rings. The molecule has 246 valence electrons. The van der Waals surface area contributed by atoms with Crippen molar-refractivity contribution in [2.75, 3.05) is 13.7 Å². The van der Waals surface area contributed by atoms with Crippen LogP contribution in [0.25, 0.3) is 30.6 Å². The van der Waals surface area contributed by atoms with Crippen LogP contribution in [0.5, 0.6) is 16.6 Å². The SMILES string of the molecule is CCCCCCCCC#Cc1ccc(-c2ccc(-c3cc(OCC(CC)CCCC)c(-c4ccc(O[P+](=O)O)s4)cc3OC)s2)s1. The van der Waals surface area contributed by atoms with Crippen LogP contribution < -0.4 is 14.0 Å². The van der Waals surface area contributed by atoms with Crippen molar-refractivity contribution in [3.63, 3.8) is 0 Å². The van der Waals surface area contributed by atoms with Gasteiger partial charge in [0, 0.05) is 41.6 Å². The third kappa shape index (κ3) is 10.7. The standard InChI is InChI=1S/C37H45O5PS3/c1-5-8-10-11-12-13-14-15-17-28-18-19-35(44-28)36-21-20-33(45-36)29-25-32(41-26-27(7-3)16-9-6-2)30(24-31(29)40-4)34-22-23-37(46-34)42-43(38)39/h18-25,27H,5-14,16,26H2,1-4H3/p+1. The van der Waals surface area contributed by atoms with E-state index in [2.05, 4.69) is 62.9 Å². The largest absolute Gasteiger partial charge is 0.748 e. The van der Waals surface area contributed by atoms with Crippen LogP contribution in [0.3, 0.4) is 0 Å². The maximum absolute atomic E-state index is 11.3. The minimum atomic E-state index is -2.73. The molecule has 0 radical (unpaired) electrons. The van der Waals surface area contributed by atoms with Gasteiger partial charge in [0.05, 0.1) is 18.6 Å². The zero-order valence-corrected chi connectivity index (χ0v) is 30.8. The van der Waals surface area contributed by atoms with Gasteiger partial charge < -0.3 is 9.47 Å². The summed E-state index contributed by atoms with van der Waals surface area (Å²) in [6, 6.07) is 16.3. The van der Waals surface area contributed by atoms with Gasteiger partial charge in [-0.1, -0.05) is 95.3 Å². The average Bonchev–Trinajstić information content (AvgIpc) is 3.83. The van der Waals surface area contributed by atoms with Crippen molar-refractivity contribution in [2.45, 2.75) is 91.4 Å². The van der Waals surface area contributed by atoms with Gasteiger partial charge in [0.25, 0.3) is 0 Å². The van der Waals surface area contributed by atoms with E-state index in [9.17, 15) is 9.46 Å². The van der Waals surface area contributed by atoms with Crippen LogP contribution in [-0.4, -0.2) is 18.6 Å². The predicted molar refractivity (Wildman–Crippen MR) is 197 cm³/mol. The molecule has 2 atom stereocenters. The quantitative estimate of drug-likeness (QED) is 0.0600. The van der Waals surface area contributed by atoms with Crippen LogP contribution >= 0.6 is 42.3 Å². The summed E-state index contributed by atoms with van der Waals surface area (Å²) in [5.41, 5.74) is 1.85. The first-order valence-electron chi connectivity index (χ1n) is 16.4. The molecule has 1 aromatic carbocycles. The molecule has 3 heterocycles. The van der Waals surface area contributed by atoms with Gasteiger partial charge in [0.2, 0.25) is 5.06 Å². The molecule has 5 nitrogen and oxygen atoms in total. The molecule has 0 aliphatic carbocycles. The van der Waals surface area contributed by atoms with E-state index >= 15 is 0 Å². The number of hydrogen-bond acceptors (Lipinski definition) is 7. The lowest BCUT2D eigenvalue weighted by Gasteiger charge is -2.19. The van der Waals surface area contributed by atoms with Crippen molar-refractivity contribution in [1.82, 2.24) is 0 Å². The van der Waals surface area contributed by atoms with Crippen molar-refractivity contribution in [3.8, 4) is 59.0 Å². The van der Waals surface area contributed by atoms with Gasteiger partial charge in [-0.25, -0.2) is 4.52 Å². The summed E-state index contributed by atoms with van der Waals surface area (Å²) >= 11 is 4.78. The van der Waals surface area contributed by atoms with Crippen molar-refractivity contribution < 1.29 is 23.5 Å². The third-order valence-corrected chi connectivity index (χ3v) is 11.7. The molecule has 4 rings (SSSR count). The summed E-state index contributed by atoms with van der Waals surface area (Å²) in [7, 11) is -1.05. The summed E-state index contributed by atoms with van der Waals surface area (Å²) in [5, 5.41) is 0.382. The lowest BCUT2D eigenvalue weighted by atomic mass is 10.0. The maximum atomic E-state index is 11.3. The number of benzene rings is 1. The lowest BCUT2D eigenvalue weighted by Crippen LogP contribution is -2.11. The fourth-order valence-corrected chi connectivity index (χ4v) is 8.54. The molecule has 3 aromatic heterocycles. The van der Waals surface area contributed by atoms with Crippen molar-refractivity contribution in [1.29, 1.82) is 0 Å². The third-order valence-electron chi connectivity index (χ3n) is 7.92. The Morgan fingerprint density at radius 3 is 2.20 bits per heavy atom. The lowest BCUT2D eigenvalue weighted by molar-refractivity contribution is 0.234. The van der Waals surface area contributed by atoms with E-state index in [1.54, 1.807) is 35.8 Å². The molecule has 9 heteroatoms. The topological polar surface area (TPSA) is 65.0 Å². The Bertz CT molecular complexity index is 1590. The fraction of sp³-hybridized carbons (Fsp3) is 0.459. The van der Waals surface area contributed by atoms with E-state index in [1.807, 2.05) is 12.1 Å². The highest BCUT2D eigenvalue weighted by atomic mass is 32.1. The maximum Gasteiger partial charge on any atom is 0.748 e. The van der Waals surface area contributed by atoms with E-state index < -0.39 is 8.25 Å². The molecule has 0 aliphatic rings. The highest BCUT2D eigenvalue weighted by Crippen LogP contribution is 2.47. The Kier molecular flexibility index (Phi) is 15.1. The van der Waals surface area contributed by atoms with Crippen LogP contribution in [0, 0.1) is 17.8 Å². The van der Waals surface area contributed by atoms with E-state index in [0.29, 0.717) is 17.6 Å². The van der Waals surface area contributed by atoms with Gasteiger partial charge in [-0.2, -0.15) is 0 Å². The summed E-state index contributed by atoms with van der Waals surface area (Å²) in [4.78, 5) is 14.7. The Hall–Kier alpha value is -2.66. The van der Waals surface area contributed by atoms with Crippen LogP contribution in [0.15, 0.2) is 48.5 Å². The Balaban J connectivity index is 1.56. The summed E-state index contributed by atoms with van der Waals surface area (Å²) in [5.74, 6) is 8.72. The molecule has 46 heavy (non-hydrogen) atoms. The Labute approximate surface area is 287 Å². The highest BCUT2D eigenvalue weighted by molar-refractivity contribution is 7.33. The fourth-order valence-electron chi connectivity index (χ4n) is 5.23. The minimum absolute atomic E-state index is 0.382. The Morgan fingerprint density at radius 1 is 0.783 bits per heavy atom. The van der Waals surface area contributed by atoms with Gasteiger partial charge in [0.1, 0.15) is 11.5 Å². The zero-order valence-electron chi connectivity index (χ0n) is 27.4. The summed E-state index contributed by atoms with van der Waals surface area (Å²) in [6.45, 7) is 7.31. The van der Waals surface area contributed by atoms with Crippen LogP contribution in [0.1, 0.15) is 96.3 Å². The van der Waals surface area contributed by atoms with Crippen LogP contribution in [0.2, 0.25) is 0 Å². The number of thiophene rings is 3. The normalized spacial score (nSPS) is 12.0. The summed E-state index contributed by atoms with van der Waals surface area (Å²) in [6.07, 6.45) is 13.2. The van der Waals surface area contributed by atoms with Crippen LogP contribution in [-0.2, 0) is 4.57 Å². The summed E-state index contributed by atoms with van der Waals surface area (Å²) < 4.78 is 28.8. The minimum Gasteiger partial charge on any atom is -0.496 e. The predicted octanol–water partition coefficient (Wildman–Crippen LogP) is 12.6. The van der Waals surface area contributed by atoms with Crippen molar-refractivity contribution >= 4 is 42.3 Å². The van der Waals surface area contributed by atoms with E-state index in [-0.39, 0.29) is 0 Å². The molecule has 0 saturated carbocycles. The first-order valence-corrected chi connectivity index (χ1v) is 20.0. The second kappa shape index (κ2) is 19.2. The van der Waals surface area contributed by atoms with Gasteiger partial charge in [0.15, 0.2) is 0 Å². The number of rotatable bonds is 19. The first-order chi connectivity index (χ1) is 22.4. The van der Waals surface area contributed by atoms with Gasteiger partial charge in [-0.15, -0.1) is 27.6 Å². The Morgan fingerprint density at radius 2 is 1.43 bits per heavy atom. The molecule has 1 N–H and O–H groups in total. The van der Waals surface area contributed by atoms with Gasteiger partial charge in [-0.3, -0.25) is 0 Å². The molecule has 0 bridgehead atoms.